The molecule has 16 heteroatoms. The highest BCUT2D eigenvalue weighted by Crippen LogP contribution is 2.44. The Kier molecular flexibility index (Phi) is 16.5. The van der Waals surface area contributed by atoms with Crippen molar-refractivity contribution in [3.63, 3.8) is 0 Å². The summed E-state index contributed by atoms with van der Waals surface area (Å²) in [4.78, 5) is 103. The highest BCUT2D eigenvalue weighted by Gasteiger charge is 2.58. The predicted molar refractivity (Wildman–Crippen MR) is 298 cm³/mol. The highest BCUT2D eigenvalue weighted by molar-refractivity contribution is 5.91. The Morgan fingerprint density at radius 2 is 0.975 bits per heavy atom. The third kappa shape index (κ3) is 12.0. The van der Waals surface area contributed by atoms with Crippen LogP contribution in [0.5, 0.6) is 0 Å². The molecule has 79 heavy (non-hydrogen) atoms. The number of ether oxygens (including phenoxy) is 1. The van der Waals surface area contributed by atoms with Crippen molar-refractivity contribution in [2.75, 3.05) is 26.2 Å². The van der Waals surface area contributed by atoms with Crippen LogP contribution in [0, 0.1) is 35.5 Å². The van der Waals surface area contributed by atoms with E-state index in [4.69, 9.17) is 10.5 Å². The smallest absolute Gasteiger partial charge is 0.408 e. The van der Waals surface area contributed by atoms with E-state index in [1.807, 2.05) is 58.6 Å². The number of carbonyl (C=O) groups excluding carboxylic acids is 7. The topological polar surface area (TPSA) is 204 Å². The number of likely N-dealkylation sites (tertiary alicyclic amines) is 4. The molecule has 4 saturated heterocycles. The summed E-state index contributed by atoms with van der Waals surface area (Å²) in [5.41, 5.74) is 10.8. The molecule has 0 radical (unpaired) electrons. The van der Waals surface area contributed by atoms with Crippen molar-refractivity contribution < 1.29 is 38.3 Å². The number of alkyl carbamates (subject to hydrolysis) is 1. The van der Waals surface area contributed by atoms with E-state index in [0.29, 0.717) is 32.6 Å². The number of hydrogen-bond acceptors (Lipinski definition) is 9. The third-order valence-corrected chi connectivity index (χ3v) is 19.8. The summed E-state index contributed by atoms with van der Waals surface area (Å²) < 4.78 is 5.58. The first-order valence-corrected chi connectivity index (χ1v) is 30.9. The van der Waals surface area contributed by atoms with E-state index < -0.39 is 41.7 Å². The molecule has 6 aliphatic carbocycles. The predicted octanol–water partition coefficient (Wildman–Crippen LogP) is 7.42. The lowest BCUT2D eigenvalue weighted by atomic mass is 9.83. The van der Waals surface area contributed by atoms with Gasteiger partial charge in [0.2, 0.25) is 35.4 Å². The fraction of sp³-hybridized carbons (Fsp3) is 0.698. The van der Waals surface area contributed by atoms with Crippen LogP contribution in [0.3, 0.4) is 0 Å². The Hall–Kier alpha value is -5.51. The van der Waals surface area contributed by atoms with Gasteiger partial charge in [0.05, 0.1) is 54.1 Å². The summed E-state index contributed by atoms with van der Waals surface area (Å²) >= 11 is 0. The van der Waals surface area contributed by atoms with Gasteiger partial charge in [-0.3, -0.25) is 28.8 Å². The van der Waals surface area contributed by atoms with Crippen LogP contribution in [0.4, 0.5) is 4.79 Å². The molecule has 0 unspecified atom stereocenters. The summed E-state index contributed by atoms with van der Waals surface area (Å²) in [6.45, 7) is 7.24. The second-order valence-corrected chi connectivity index (χ2v) is 26.2. The second-order valence-electron chi connectivity index (χ2n) is 26.2. The average Bonchev–Trinajstić information content (AvgIpc) is 4.50. The Bertz CT molecular complexity index is 2600. The molecule has 428 valence electrons. The maximum atomic E-state index is 14.5. The van der Waals surface area contributed by atoms with E-state index in [1.54, 1.807) is 0 Å². The van der Waals surface area contributed by atoms with E-state index in [0.717, 1.165) is 128 Å². The SMILES string of the molecule is CC(C)(C)OC(=O)N[C@H](C(=O)N1CC[C@@H]2[C@H]1[C@@H](C(=O)N[C@@H]1CCCc3ccccc31)CN2C(=O)C1CC1)C1CCCCC1.N[C@H](C(=O)N1CC[C@@H]2[C@H]1[C@@H](C(=O)N[C@@H]1CCCc3ccccc31)CN2C(=O)C1CC1)C1CCCCC1. The van der Waals surface area contributed by atoms with Gasteiger partial charge in [-0.1, -0.05) is 87.1 Å². The first-order valence-electron chi connectivity index (χ1n) is 30.9. The van der Waals surface area contributed by atoms with Crippen LogP contribution in [-0.2, 0) is 46.3 Å². The van der Waals surface area contributed by atoms with Crippen LogP contribution in [0.1, 0.15) is 184 Å². The fourth-order valence-electron chi connectivity index (χ4n) is 15.5. The first kappa shape index (κ1) is 55.4. The van der Waals surface area contributed by atoms with Gasteiger partial charge in [-0.25, -0.2) is 4.79 Å². The Balaban J connectivity index is 0.000000170. The molecule has 4 saturated carbocycles. The largest absolute Gasteiger partial charge is 0.444 e. The monoisotopic (exact) mass is 1080 g/mol. The van der Waals surface area contributed by atoms with Gasteiger partial charge >= 0.3 is 6.09 Å². The van der Waals surface area contributed by atoms with Gasteiger partial charge in [0.1, 0.15) is 11.6 Å². The van der Waals surface area contributed by atoms with Crippen LogP contribution in [0.15, 0.2) is 48.5 Å². The number of aryl methyl sites for hydroxylation is 2. The average molecular weight is 1090 g/mol. The molecule has 12 rings (SSSR count). The number of hydrogen-bond donors (Lipinski definition) is 4. The summed E-state index contributed by atoms with van der Waals surface area (Å²) in [7, 11) is 0. The van der Waals surface area contributed by atoms with Crippen molar-refractivity contribution in [1.29, 1.82) is 0 Å². The minimum atomic E-state index is -0.712. The highest BCUT2D eigenvalue weighted by atomic mass is 16.6. The van der Waals surface area contributed by atoms with Gasteiger partial charge in [-0.05, 0) is 158 Å². The molecule has 10 atom stereocenters. The van der Waals surface area contributed by atoms with E-state index in [-0.39, 0.29) is 89.3 Å². The second kappa shape index (κ2) is 23.5. The molecule has 16 nitrogen and oxygen atoms in total. The van der Waals surface area contributed by atoms with Crippen LogP contribution < -0.4 is 21.7 Å². The van der Waals surface area contributed by atoms with Gasteiger partial charge in [-0.2, -0.15) is 0 Å². The lowest BCUT2D eigenvalue weighted by molar-refractivity contribution is -0.139. The standard InChI is InChI=1S/C34H48N4O5.C29H40N4O3/c1-34(2,3)43-33(42)36-28(22-11-5-4-6-12-22)32(41)37-19-18-27-29(37)25(20-38(27)31(40)23-16-17-23)30(39)35-26-15-9-13-21-10-7-8-14-24(21)26;30-25(19-8-2-1-3-9-19)29(36)32-16-15-24-26(32)22(17-33(24)28(35)20-13-14-20)27(34)31-23-12-6-10-18-7-4-5-11-21(18)23/h7-8,10,14,22-23,25-29H,4-6,9,11-13,15-20H2,1-3H3,(H,35,39)(H,36,42);4-5,7,11,19-20,22-26H,1-3,6,8-10,12-17,30H2,(H,31,34)/t25-,26+,27+,28-,29+;22-,23+,24+,25-,26+/m00/s1. The van der Waals surface area contributed by atoms with Gasteiger partial charge in [0.15, 0.2) is 0 Å². The quantitative estimate of drug-likeness (QED) is 0.177. The van der Waals surface area contributed by atoms with Gasteiger partial charge < -0.3 is 46.0 Å². The van der Waals surface area contributed by atoms with Crippen molar-refractivity contribution in [3.8, 4) is 0 Å². The zero-order valence-corrected chi connectivity index (χ0v) is 47.2. The molecule has 10 aliphatic rings. The van der Waals surface area contributed by atoms with Crippen molar-refractivity contribution in [2.45, 2.75) is 216 Å². The van der Waals surface area contributed by atoms with Crippen LogP contribution >= 0.6 is 0 Å². The third-order valence-electron chi connectivity index (χ3n) is 19.8. The molecule has 2 aromatic rings. The normalized spacial score (nSPS) is 29.4. The molecular weight excluding hydrogens is 997 g/mol. The van der Waals surface area contributed by atoms with Gasteiger partial charge in [0.25, 0.3) is 0 Å². The van der Waals surface area contributed by atoms with Crippen LogP contribution in [-0.4, -0.2) is 129 Å². The van der Waals surface area contributed by atoms with Gasteiger partial charge in [0, 0.05) is 38.0 Å². The summed E-state index contributed by atoms with van der Waals surface area (Å²) in [5.74, 6) is -0.506. The van der Waals surface area contributed by atoms with Crippen molar-refractivity contribution in [1.82, 2.24) is 35.6 Å². The Morgan fingerprint density at radius 3 is 1.43 bits per heavy atom. The molecular formula is C63H88N8O8. The zero-order chi connectivity index (χ0) is 55.1. The van der Waals surface area contributed by atoms with Crippen molar-refractivity contribution in [2.24, 2.45) is 41.2 Å². The lowest BCUT2D eigenvalue weighted by Gasteiger charge is -2.36. The Morgan fingerprint density at radius 1 is 0.532 bits per heavy atom. The molecule has 0 bridgehead atoms. The number of nitrogens with zero attached hydrogens (tertiary/aromatic N) is 4. The number of benzene rings is 2. The maximum absolute atomic E-state index is 14.5. The molecule has 7 amide bonds. The van der Waals surface area contributed by atoms with Crippen LogP contribution in [0.25, 0.3) is 0 Å². The first-order chi connectivity index (χ1) is 38.1. The number of amides is 7. The van der Waals surface area contributed by atoms with Crippen LogP contribution in [0.2, 0.25) is 0 Å². The fourth-order valence-corrected chi connectivity index (χ4v) is 15.5. The molecule has 0 spiro atoms. The number of nitrogens with one attached hydrogen (secondary N) is 3. The summed E-state index contributed by atoms with van der Waals surface area (Å²) in [6.07, 6.45) is 20.8. The van der Waals surface area contributed by atoms with E-state index >= 15 is 0 Å². The van der Waals surface area contributed by atoms with Crippen molar-refractivity contribution >= 4 is 41.5 Å². The van der Waals surface area contributed by atoms with E-state index in [2.05, 4.69) is 46.3 Å². The summed E-state index contributed by atoms with van der Waals surface area (Å²) in [5, 5.41) is 9.63. The van der Waals surface area contributed by atoms with Gasteiger partial charge in [-0.15, -0.1) is 0 Å². The number of fused-ring (bicyclic) bond motifs is 4. The molecule has 0 aromatic heterocycles. The van der Waals surface area contributed by atoms with Crippen molar-refractivity contribution in [3.05, 3.63) is 70.8 Å². The molecule has 4 aliphatic heterocycles. The minimum Gasteiger partial charge on any atom is -0.444 e. The minimum absolute atomic E-state index is 0.0101. The van der Waals surface area contributed by atoms with E-state index in [1.165, 1.54) is 28.7 Å². The number of carbonyl (C=O) groups is 7. The zero-order valence-electron chi connectivity index (χ0n) is 47.2. The molecule has 4 heterocycles. The maximum Gasteiger partial charge on any atom is 0.408 e. The van der Waals surface area contributed by atoms with E-state index in [9.17, 15) is 33.6 Å². The molecule has 2 aromatic carbocycles. The number of rotatable bonds is 11. The number of nitrogens with two attached hydrogens (primary N) is 1. The Labute approximate surface area is 467 Å². The lowest BCUT2D eigenvalue weighted by Crippen LogP contribution is -2.57. The summed E-state index contributed by atoms with van der Waals surface area (Å²) in [6, 6.07) is 14.4. The molecule has 5 N–H and O–H groups in total. The molecule has 8 fully saturated rings.